The molecule has 3 aliphatic rings. The van der Waals surface area contributed by atoms with Gasteiger partial charge in [0.1, 0.15) is 0 Å². The molecule has 0 saturated carbocycles. The molecule has 0 aliphatic carbocycles. The summed E-state index contributed by atoms with van der Waals surface area (Å²) >= 11 is 0. The van der Waals surface area contributed by atoms with E-state index in [-0.39, 0.29) is 5.91 Å². The van der Waals surface area contributed by atoms with Gasteiger partial charge in [0.05, 0.1) is 12.3 Å². The summed E-state index contributed by atoms with van der Waals surface area (Å²) in [5, 5.41) is 6.35. The average molecular weight is 501 g/mol. The van der Waals surface area contributed by atoms with Gasteiger partial charge in [-0.25, -0.2) is 9.97 Å². The lowest BCUT2D eigenvalue weighted by Gasteiger charge is -2.33. The Kier molecular flexibility index (Phi) is 7.96. The van der Waals surface area contributed by atoms with Gasteiger partial charge >= 0.3 is 0 Å². The Morgan fingerprint density at radius 2 is 1.89 bits per heavy atom. The number of benzene rings is 2. The molecule has 37 heavy (non-hydrogen) atoms. The number of piperidine rings is 1. The van der Waals surface area contributed by atoms with Crippen molar-refractivity contribution in [1.29, 1.82) is 0 Å². The number of hydrogen-bond acceptors (Lipinski definition) is 7. The summed E-state index contributed by atoms with van der Waals surface area (Å²) in [6.07, 6.45) is 7.26. The second-order valence-corrected chi connectivity index (χ2v) is 9.89. The lowest BCUT2D eigenvalue weighted by Crippen LogP contribution is -2.32. The lowest BCUT2D eigenvalue weighted by atomic mass is 9.98. The Hall–Kier alpha value is -3.49. The van der Waals surface area contributed by atoms with Crippen molar-refractivity contribution in [2.24, 2.45) is 0 Å². The number of likely N-dealkylation sites (tertiary alicyclic amines) is 1. The highest BCUT2D eigenvalue weighted by molar-refractivity contribution is 5.96. The van der Waals surface area contributed by atoms with Crippen LogP contribution in [-0.4, -0.2) is 47.0 Å². The smallest absolute Gasteiger partial charge is 0.251 e. The molecule has 1 atom stereocenters. The van der Waals surface area contributed by atoms with E-state index in [1.807, 2.05) is 12.1 Å². The van der Waals surface area contributed by atoms with E-state index in [4.69, 9.17) is 15.5 Å². The predicted molar refractivity (Wildman–Crippen MR) is 147 cm³/mol. The van der Waals surface area contributed by atoms with Crippen LogP contribution in [-0.2, 0) is 11.3 Å². The topological polar surface area (TPSA) is 105 Å². The van der Waals surface area contributed by atoms with Crippen molar-refractivity contribution in [2.75, 3.05) is 37.3 Å². The van der Waals surface area contributed by atoms with E-state index in [1.165, 1.54) is 30.4 Å². The van der Waals surface area contributed by atoms with Gasteiger partial charge in [-0.15, -0.1) is 0 Å². The van der Waals surface area contributed by atoms with Crippen molar-refractivity contribution in [1.82, 2.24) is 20.2 Å². The number of hydrogen-bond donors (Lipinski definition) is 3. The summed E-state index contributed by atoms with van der Waals surface area (Å²) in [6.45, 7) is 6.34. The fourth-order valence-electron chi connectivity index (χ4n) is 5.17. The number of anilines is 3. The molecule has 6 rings (SSSR count). The summed E-state index contributed by atoms with van der Waals surface area (Å²) in [6, 6.07) is 13.9. The maximum Gasteiger partial charge on any atom is 0.251 e. The highest BCUT2D eigenvalue weighted by atomic mass is 16.5. The number of fused-ring (bicyclic) bond motifs is 9. The molecule has 3 aliphatic heterocycles. The van der Waals surface area contributed by atoms with Crippen LogP contribution in [0, 0.1) is 0 Å². The van der Waals surface area contributed by atoms with E-state index >= 15 is 0 Å². The summed E-state index contributed by atoms with van der Waals surface area (Å²) in [4.78, 5) is 24.3. The molecule has 6 bridgehead atoms. The number of ether oxygens (including phenoxy) is 1. The first-order chi connectivity index (χ1) is 18.1. The monoisotopic (exact) mass is 500 g/mol. The summed E-state index contributed by atoms with van der Waals surface area (Å²) in [7, 11) is 0. The molecule has 4 N–H and O–H groups in total. The minimum absolute atomic E-state index is 0.130. The third-order valence-corrected chi connectivity index (χ3v) is 7.29. The number of carbonyl (C=O) groups is 1. The first-order valence-electron chi connectivity index (χ1n) is 13.3. The largest absolute Gasteiger partial charge is 0.398 e. The van der Waals surface area contributed by atoms with E-state index < -0.39 is 0 Å². The summed E-state index contributed by atoms with van der Waals surface area (Å²) < 4.78 is 6.11. The van der Waals surface area contributed by atoms with Gasteiger partial charge in [0.2, 0.25) is 5.95 Å². The maximum absolute atomic E-state index is 12.6. The van der Waals surface area contributed by atoms with Gasteiger partial charge in [0.15, 0.2) is 0 Å². The van der Waals surface area contributed by atoms with Crippen molar-refractivity contribution >= 4 is 23.2 Å². The number of amides is 1. The van der Waals surface area contributed by atoms with Crippen LogP contribution in [0.5, 0.6) is 0 Å². The van der Waals surface area contributed by atoms with Crippen LogP contribution < -0.4 is 16.4 Å². The Morgan fingerprint density at radius 3 is 2.73 bits per heavy atom. The number of nitrogens with zero attached hydrogens (tertiary/aromatic N) is 3. The fourth-order valence-corrected chi connectivity index (χ4v) is 5.17. The predicted octanol–water partition coefficient (Wildman–Crippen LogP) is 5.06. The van der Waals surface area contributed by atoms with Crippen molar-refractivity contribution in [2.45, 2.75) is 51.7 Å². The van der Waals surface area contributed by atoms with Crippen LogP contribution >= 0.6 is 0 Å². The highest BCUT2D eigenvalue weighted by Gasteiger charge is 2.21. The number of nitrogens with one attached hydrogen (secondary N) is 2. The second kappa shape index (κ2) is 11.7. The molecule has 194 valence electrons. The van der Waals surface area contributed by atoms with Crippen LogP contribution in [0.25, 0.3) is 11.3 Å². The average Bonchev–Trinajstić information content (AvgIpc) is 2.92. The molecule has 1 amide bonds. The molecule has 1 fully saturated rings. The number of rotatable bonds is 2. The minimum atomic E-state index is -0.130. The number of nitrogens with two attached hydrogens (primary N) is 1. The van der Waals surface area contributed by atoms with Gasteiger partial charge in [-0.1, -0.05) is 12.5 Å². The van der Waals surface area contributed by atoms with Gasteiger partial charge in [0, 0.05) is 47.9 Å². The first kappa shape index (κ1) is 25.2. The third kappa shape index (κ3) is 6.09. The minimum Gasteiger partial charge on any atom is -0.398 e. The molecule has 8 nitrogen and oxygen atoms in total. The van der Waals surface area contributed by atoms with Gasteiger partial charge in [0.25, 0.3) is 5.91 Å². The van der Waals surface area contributed by atoms with Crippen LogP contribution in [0.1, 0.15) is 66.6 Å². The van der Waals surface area contributed by atoms with Crippen LogP contribution in [0.3, 0.4) is 0 Å². The molecular weight excluding hydrogens is 464 g/mol. The molecule has 2 aromatic carbocycles. The molecule has 1 unspecified atom stereocenters. The molecule has 1 aromatic heterocycles. The van der Waals surface area contributed by atoms with E-state index in [0.717, 1.165) is 37.2 Å². The van der Waals surface area contributed by atoms with Gasteiger partial charge in [-0.2, -0.15) is 0 Å². The third-order valence-electron chi connectivity index (χ3n) is 7.29. The molecule has 0 radical (unpaired) electrons. The Morgan fingerprint density at radius 1 is 1.03 bits per heavy atom. The van der Waals surface area contributed by atoms with Crippen LogP contribution in [0.15, 0.2) is 48.7 Å². The van der Waals surface area contributed by atoms with Gasteiger partial charge < -0.3 is 21.1 Å². The zero-order valence-electron chi connectivity index (χ0n) is 21.5. The van der Waals surface area contributed by atoms with Gasteiger partial charge in [-0.3, -0.25) is 9.69 Å². The number of nitrogen functional groups attached to an aromatic ring is 1. The molecular formula is C29H36N6O2. The first-order valence-corrected chi connectivity index (χ1v) is 13.3. The Balaban J connectivity index is 1.46. The Labute approximate surface area is 218 Å². The van der Waals surface area contributed by atoms with E-state index in [1.54, 1.807) is 18.3 Å². The molecule has 1 saturated heterocycles. The number of carbonyl (C=O) groups excluding carboxylic acids is 1. The van der Waals surface area contributed by atoms with Crippen molar-refractivity contribution in [3.8, 4) is 11.3 Å². The van der Waals surface area contributed by atoms with Gasteiger partial charge in [-0.05, 0) is 93.2 Å². The normalized spacial score (nSPS) is 18.1. The van der Waals surface area contributed by atoms with E-state index in [2.05, 4.69) is 45.6 Å². The van der Waals surface area contributed by atoms with Crippen molar-refractivity contribution in [3.63, 3.8) is 0 Å². The number of aromatic nitrogens is 2. The fraction of sp³-hybridized carbons (Fsp3) is 0.414. The summed E-state index contributed by atoms with van der Waals surface area (Å²) in [5.41, 5.74) is 12.2. The Bertz CT molecular complexity index is 1240. The van der Waals surface area contributed by atoms with E-state index in [0.29, 0.717) is 48.7 Å². The van der Waals surface area contributed by atoms with E-state index in [9.17, 15) is 4.79 Å². The molecule has 0 spiro atoms. The highest BCUT2D eigenvalue weighted by Crippen LogP contribution is 2.31. The maximum atomic E-state index is 12.6. The molecule has 3 aromatic rings. The van der Waals surface area contributed by atoms with Crippen molar-refractivity contribution < 1.29 is 9.53 Å². The quantitative estimate of drug-likeness (QED) is 0.423. The molecule has 8 heteroatoms. The zero-order chi connectivity index (χ0) is 25.6. The van der Waals surface area contributed by atoms with Crippen LogP contribution in [0.2, 0.25) is 0 Å². The SMILES string of the molecule is CC(c1ccc2cc1COCCCCNC(=O)c1ccc(c(N)c1)-c1ccnc(n1)N2)N1CCCCC1. The van der Waals surface area contributed by atoms with Crippen molar-refractivity contribution in [3.05, 3.63) is 65.4 Å². The lowest BCUT2D eigenvalue weighted by molar-refractivity contribution is 0.0945. The molecule has 4 heterocycles. The zero-order valence-corrected chi connectivity index (χ0v) is 21.5. The summed E-state index contributed by atoms with van der Waals surface area (Å²) in [5.74, 6) is 0.356. The standard InChI is InChI=1S/C29H36N6O2/c1-20(35-14-4-2-5-15-35)24-10-8-23-17-22(24)19-37-16-6-3-12-31-28(36)21-7-9-25(26(30)18-21)27-11-13-32-29(33-23)34-27/h7-11,13,17-18,20H,2-6,12,14-16,19,30H2,1H3,(H,31,36)(H,32,33,34). The second-order valence-electron chi connectivity index (χ2n) is 9.89. The van der Waals surface area contributed by atoms with Crippen LogP contribution in [0.4, 0.5) is 17.3 Å².